The first kappa shape index (κ1) is 15.8. The molecule has 0 saturated carbocycles. The molecule has 1 atom stereocenters. The number of carboxylic acids is 1. The van der Waals surface area contributed by atoms with Crippen molar-refractivity contribution in [1.29, 1.82) is 0 Å². The van der Waals surface area contributed by atoms with Crippen molar-refractivity contribution in [3.8, 4) is 0 Å². The summed E-state index contributed by atoms with van der Waals surface area (Å²) in [6.07, 6.45) is -1.80. The van der Waals surface area contributed by atoms with Crippen LogP contribution < -0.4 is 0 Å². The number of ketones is 1. The minimum absolute atomic E-state index is 0.0626. The molecule has 1 aromatic rings. The maximum Gasteiger partial charge on any atom is 0.338 e. The van der Waals surface area contributed by atoms with Gasteiger partial charge in [0.05, 0.1) is 12.2 Å². The standard InChI is InChI=1S/C14H16O6/c1-3-20-14(19)9-4-5-11(12(16)13(17)18)10(7-9)6-8(2)15/h4-5,7,12,16H,3,6H2,1-2H3,(H,17,18). The molecule has 2 N–H and O–H groups in total. The van der Waals surface area contributed by atoms with Crippen molar-refractivity contribution in [2.24, 2.45) is 0 Å². The molecule has 20 heavy (non-hydrogen) atoms. The SMILES string of the molecule is CCOC(=O)c1ccc(C(O)C(=O)O)c(CC(C)=O)c1. The van der Waals surface area contributed by atoms with Crippen molar-refractivity contribution < 1.29 is 29.3 Å². The minimum Gasteiger partial charge on any atom is -0.479 e. The summed E-state index contributed by atoms with van der Waals surface area (Å²) in [5.74, 6) is -2.18. The summed E-state index contributed by atoms with van der Waals surface area (Å²) in [4.78, 5) is 33.7. The van der Waals surface area contributed by atoms with E-state index in [4.69, 9.17) is 9.84 Å². The Morgan fingerprint density at radius 3 is 2.45 bits per heavy atom. The number of aliphatic hydroxyl groups is 1. The Morgan fingerprint density at radius 1 is 1.30 bits per heavy atom. The number of ether oxygens (including phenoxy) is 1. The quantitative estimate of drug-likeness (QED) is 0.757. The first-order valence-electron chi connectivity index (χ1n) is 6.07. The van der Waals surface area contributed by atoms with E-state index in [0.29, 0.717) is 5.56 Å². The molecule has 0 aliphatic carbocycles. The van der Waals surface area contributed by atoms with Crippen LogP contribution in [-0.2, 0) is 20.7 Å². The molecule has 0 saturated heterocycles. The second-order valence-electron chi connectivity index (χ2n) is 4.25. The van der Waals surface area contributed by atoms with E-state index >= 15 is 0 Å². The van der Waals surface area contributed by atoms with Gasteiger partial charge in [-0.2, -0.15) is 0 Å². The lowest BCUT2D eigenvalue weighted by atomic mass is 9.96. The Labute approximate surface area is 116 Å². The molecule has 1 aromatic carbocycles. The largest absolute Gasteiger partial charge is 0.479 e. The topological polar surface area (TPSA) is 101 Å². The lowest BCUT2D eigenvalue weighted by Gasteiger charge is -2.13. The number of esters is 1. The predicted molar refractivity (Wildman–Crippen MR) is 69.4 cm³/mol. The number of carbonyl (C=O) groups excluding carboxylic acids is 2. The van der Waals surface area contributed by atoms with Gasteiger partial charge in [0, 0.05) is 6.42 Å². The van der Waals surface area contributed by atoms with Crippen LogP contribution in [0, 0.1) is 0 Å². The van der Waals surface area contributed by atoms with Gasteiger partial charge in [0.25, 0.3) is 0 Å². The Balaban J connectivity index is 3.22. The summed E-state index contributed by atoms with van der Waals surface area (Å²) in [6.45, 7) is 3.21. The Bertz CT molecular complexity index is 534. The lowest BCUT2D eigenvalue weighted by molar-refractivity contribution is -0.147. The van der Waals surface area contributed by atoms with Gasteiger partial charge in [-0.3, -0.25) is 4.79 Å². The Hall–Kier alpha value is -2.21. The van der Waals surface area contributed by atoms with E-state index in [1.807, 2.05) is 0 Å². The molecular formula is C14H16O6. The van der Waals surface area contributed by atoms with Crippen LogP contribution in [0.5, 0.6) is 0 Å². The zero-order valence-electron chi connectivity index (χ0n) is 11.3. The molecule has 0 heterocycles. The molecule has 108 valence electrons. The first-order valence-corrected chi connectivity index (χ1v) is 6.07. The summed E-state index contributed by atoms with van der Waals surface area (Å²) in [5, 5.41) is 18.4. The number of hydrogen-bond acceptors (Lipinski definition) is 5. The third-order valence-corrected chi connectivity index (χ3v) is 2.62. The maximum atomic E-state index is 11.6. The number of Topliss-reactive ketones (excluding diaryl/α,β-unsaturated/α-hetero) is 1. The zero-order valence-corrected chi connectivity index (χ0v) is 11.3. The van der Waals surface area contributed by atoms with Gasteiger partial charge in [-0.15, -0.1) is 0 Å². The van der Waals surface area contributed by atoms with Crippen LogP contribution in [0.25, 0.3) is 0 Å². The van der Waals surface area contributed by atoms with Crippen LogP contribution in [0.2, 0.25) is 0 Å². The summed E-state index contributed by atoms with van der Waals surface area (Å²) in [6, 6.07) is 4.06. The van der Waals surface area contributed by atoms with E-state index in [2.05, 4.69) is 0 Å². The van der Waals surface area contributed by atoms with E-state index in [-0.39, 0.29) is 29.9 Å². The zero-order chi connectivity index (χ0) is 15.3. The Kier molecular flexibility index (Phi) is 5.40. The van der Waals surface area contributed by atoms with Crippen molar-refractivity contribution in [2.45, 2.75) is 26.4 Å². The van der Waals surface area contributed by atoms with Gasteiger partial charge >= 0.3 is 11.9 Å². The molecule has 0 fully saturated rings. The van der Waals surface area contributed by atoms with Crippen molar-refractivity contribution in [1.82, 2.24) is 0 Å². The van der Waals surface area contributed by atoms with Crippen LogP contribution >= 0.6 is 0 Å². The van der Waals surface area contributed by atoms with E-state index in [9.17, 15) is 19.5 Å². The van der Waals surface area contributed by atoms with E-state index in [1.165, 1.54) is 25.1 Å². The highest BCUT2D eigenvalue weighted by molar-refractivity contribution is 5.90. The second-order valence-corrected chi connectivity index (χ2v) is 4.25. The smallest absolute Gasteiger partial charge is 0.338 e. The molecule has 6 nitrogen and oxygen atoms in total. The van der Waals surface area contributed by atoms with Gasteiger partial charge in [-0.25, -0.2) is 9.59 Å². The fourth-order valence-electron chi connectivity index (χ4n) is 1.77. The number of carbonyl (C=O) groups is 3. The van der Waals surface area contributed by atoms with Gasteiger partial charge in [0.2, 0.25) is 0 Å². The predicted octanol–water partition coefficient (Wildman–Crippen LogP) is 1.11. The second kappa shape index (κ2) is 6.81. The number of aliphatic hydroxyl groups excluding tert-OH is 1. The van der Waals surface area contributed by atoms with Crippen molar-refractivity contribution in [3.63, 3.8) is 0 Å². The fraction of sp³-hybridized carbons (Fsp3) is 0.357. The average molecular weight is 280 g/mol. The van der Waals surface area contributed by atoms with Crippen LogP contribution in [0.4, 0.5) is 0 Å². The van der Waals surface area contributed by atoms with Gasteiger partial charge < -0.3 is 14.9 Å². The van der Waals surface area contributed by atoms with Crippen LogP contribution in [-0.4, -0.2) is 34.5 Å². The van der Waals surface area contributed by atoms with Crippen LogP contribution in [0.15, 0.2) is 18.2 Å². The monoisotopic (exact) mass is 280 g/mol. The van der Waals surface area contributed by atoms with Crippen molar-refractivity contribution in [2.75, 3.05) is 6.61 Å². The van der Waals surface area contributed by atoms with Gasteiger partial charge in [0.15, 0.2) is 6.10 Å². The molecule has 1 unspecified atom stereocenters. The normalized spacial score (nSPS) is 11.8. The summed E-state index contributed by atoms with van der Waals surface area (Å²) in [7, 11) is 0. The van der Waals surface area contributed by atoms with Crippen molar-refractivity contribution >= 4 is 17.7 Å². The number of benzene rings is 1. The molecular weight excluding hydrogens is 264 g/mol. The summed E-state index contributed by atoms with van der Waals surface area (Å²) >= 11 is 0. The lowest BCUT2D eigenvalue weighted by Crippen LogP contribution is -2.15. The summed E-state index contributed by atoms with van der Waals surface area (Å²) in [5.41, 5.74) is 0.614. The van der Waals surface area contributed by atoms with Crippen LogP contribution in [0.3, 0.4) is 0 Å². The van der Waals surface area contributed by atoms with Gasteiger partial charge in [-0.05, 0) is 37.1 Å². The van der Waals surface area contributed by atoms with Gasteiger partial charge in [0.1, 0.15) is 5.78 Å². The number of rotatable bonds is 6. The van der Waals surface area contributed by atoms with E-state index in [0.717, 1.165) is 0 Å². The Morgan fingerprint density at radius 2 is 1.95 bits per heavy atom. The molecule has 0 aliphatic rings. The highest BCUT2D eigenvalue weighted by Crippen LogP contribution is 2.21. The molecule has 6 heteroatoms. The molecule has 0 spiro atoms. The minimum atomic E-state index is -1.74. The summed E-state index contributed by atoms with van der Waals surface area (Å²) < 4.78 is 4.83. The third-order valence-electron chi connectivity index (χ3n) is 2.62. The van der Waals surface area contributed by atoms with E-state index in [1.54, 1.807) is 6.92 Å². The molecule has 0 aromatic heterocycles. The maximum absolute atomic E-state index is 11.6. The average Bonchev–Trinajstić information content (AvgIpc) is 2.37. The third kappa shape index (κ3) is 3.89. The van der Waals surface area contributed by atoms with Gasteiger partial charge in [-0.1, -0.05) is 6.07 Å². The molecule has 0 amide bonds. The van der Waals surface area contributed by atoms with Crippen LogP contribution in [0.1, 0.15) is 41.4 Å². The van der Waals surface area contributed by atoms with E-state index < -0.39 is 18.0 Å². The van der Waals surface area contributed by atoms with Crippen molar-refractivity contribution in [3.05, 3.63) is 34.9 Å². The molecule has 0 bridgehead atoms. The number of carboxylic acid groups (broad SMARTS) is 1. The highest BCUT2D eigenvalue weighted by atomic mass is 16.5. The highest BCUT2D eigenvalue weighted by Gasteiger charge is 2.21. The molecule has 0 radical (unpaired) electrons. The first-order chi connectivity index (χ1) is 9.36. The molecule has 1 rings (SSSR count). The fourth-order valence-corrected chi connectivity index (χ4v) is 1.77. The molecule has 0 aliphatic heterocycles. The number of aliphatic carboxylic acids is 1. The number of hydrogen-bond donors (Lipinski definition) is 2.